The molecular formula is C30H52N4O4. The summed E-state index contributed by atoms with van der Waals surface area (Å²) in [7, 11) is 0. The minimum atomic E-state index is -0.427. The minimum absolute atomic E-state index is 0.0181. The van der Waals surface area contributed by atoms with E-state index < -0.39 is 6.10 Å². The minimum Gasteiger partial charge on any atom is -0.462 e. The van der Waals surface area contributed by atoms with Gasteiger partial charge in [-0.25, -0.2) is 4.98 Å². The molecule has 1 saturated heterocycles. The Morgan fingerprint density at radius 2 is 1.79 bits per heavy atom. The average Bonchev–Trinajstić information content (AvgIpc) is 3.23. The van der Waals surface area contributed by atoms with Gasteiger partial charge in [0.1, 0.15) is 6.10 Å². The van der Waals surface area contributed by atoms with Crippen molar-refractivity contribution in [3.63, 3.8) is 0 Å². The number of likely N-dealkylation sites (tertiary alicyclic amines) is 1. The zero-order valence-corrected chi connectivity index (χ0v) is 25.1. The molecule has 4 unspecified atom stereocenters. The number of amides is 2. The molecule has 216 valence electrons. The highest BCUT2D eigenvalue weighted by atomic mass is 16.5. The van der Waals surface area contributed by atoms with Gasteiger partial charge in [0.05, 0.1) is 6.33 Å². The lowest BCUT2D eigenvalue weighted by Gasteiger charge is -2.35. The fourth-order valence-corrected chi connectivity index (χ4v) is 6.10. The number of carbonyl (C=O) groups excluding carboxylic acids is 3. The number of esters is 1. The molecule has 1 aromatic heterocycles. The summed E-state index contributed by atoms with van der Waals surface area (Å²) in [4.78, 5) is 44.4. The van der Waals surface area contributed by atoms with Crippen LogP contribution in [0.1, 0.15) is 119 Å². The van der Waals surface area contributed by atoms with Crippen LogP contribution in [0.25, 0.3) is 0 Å². The van der Waals surface area contributed by atoms with E-state index in [1.165, 1.54) is 6.92 Å². The number of hydrogen-bond donors (Lipinski definition) is 1. The van der Waals surface area contributed by atoms with E-state index >= 15 is 0 Å². The third-order valence-electron chi connectivity index (χ3n) is 7.38. The Kier molecular flexibility index (Phi) is 11.8. The van der Waals surface area contributed by atoms with Crippen LogP contribution in [0.2, 0.25) is 0 Å². The average molecular weight is 533 g/mol. The van der Waals surface area contributed by atoms with Crippen molar-refractivity contribution in [1.29, 1.82) is 0 Å². The number of imidazole rings is 1. The molecule has 0 aliphatic carbocycles. The zero-order chi connectivity index (χ0) is 28.5. The molecule has 1 aliphatic heterocycles. The van der Waals surface area contributed by atoms with Gasteiger partial charge in [0.15, 0.2) is 0 Å². The first kappa shape index (κ1) is 31.8. The smallest absolute Gasteiger partial charge is 0.302 e. The normalized spacial score (nSPS) is 18.3. The summed E-state index contributed by atoms with van der Waals surface area (Å²) in [6.45, 7) is 16.8. The highest BCUT2D eigenvalue weighted by Gasteiger charge is 2.32. The van der Waals surface area contributed by atoms with Crippen molar-refractivity contribution in [2.45, 2.75) is 137 Å². The molecule has 0 radical (unpaired) electrons. The highest BCUT2D eigenvalue weighted by Crippen LogP contribution is 2.30. The van der Waals surface area contributed by atoms with E-state index in [-0.39, 0.29) is 46.7 Å². The van der Waals surface area contributed by atoms with E-state index in [0.717, 1.165) is 45.1 Å². The summed E-state index contributed by atoms with van der Waals surface area (Å²) >= 11 is 0. The highest BCUT2D eigenvalue weighted by molar-refractivity contribution is 5.79. The van der Waals surface area contributed by atoms with Crippen molar-refractivity contribution >= 4 is 17.8 Å². The number of nitrogens with one attached hydrogen (secondary N) is 1. The predicted molar refractivity (Wildman–Crippen MR) is 150 cm³/mol. The van der Waals surface area contributed by atoms with E-state index in [4.69, 9.17) is 4.74 Å². The van der Waals surface area contributed by atoms with Gasteiger partial charge >= 0.3 is 5.97 Å². The fraction of sp³-hybridized carbons (Fsp3) is 0.800. The number of aromatic nitrogens is 2. The number of carbonyl (C=O) groups is 3. The summed E-state index contributed by atoms with van der Waals surface area (Å²) in [6.07, 6.45) is 12.2. The molecule has 0 spiro atoms. The standard InChI is InChI=1S/C30H52N4O4/c1-9-24(34-15-12-10-11-13-27(34)36)18-25(33-16-14-31-21-33)19-26(38-23(3)35)17-22(2)28(37)32-30(7,8)20-29(4,5)6/h14,16,21-22,24-26H,9-13,15,17-20H2,1-8H3,(H,32,37). The monoisotopic (exact) mass is 532 g/mol. The van der Waals surface area contributed by atoms with E-state index in [2.05, 4.69) is 61.3 Å². The van der Waals surface area contributed by atoms with Gasteiger partial charge in [-0.2, -0.15) is 0 Å². The third kappa shape index (κ3) is 10.8. The Morgan fingerprint density at radius 1 is 1.08 bits per heavy atom. The predicted octanol–water partition coefficient (Wildman–Crippen LogP) is 5.67. The maximum Gasteiger partial charge on any atom is 0.302 e. The molecule has 8 heteroatoms. The molecule has 2 heterocycles. The van der Waals surface area contributed by atoms with Crippen LogP contribution in [0.5, 0.6) is 0 Å². The Morgan fingerprint density at radius 3 is 2.37 bits per heavy atom. The van der Waals surface area contributed by atoms with E-state index in [9.17, 15) is 14.4 Å². The second kappa shape index (κ2) is 14.1. The molecule has 1 fully saturated rings. The summed E-state index contributed by atoms with van der Waals surface area (Å²) in [6, 6.07) is 0.0837. The van der Waals surface area contributed by atoms with Crippen LogP contribution < -0.4 is 5.32 Å². The molecule has 38 heavy (non-hydrogen) atoms. The Bertz CT molecular complexity index is 891. The summed E-state index contributed by atoms with van der Waals surface area (Å²) in [5, 5.41) is 3.21. The molecule has 8 nitrogen and oxygen atoms in total. The van der Waals surface area contributed by atoms with Crippen LogP contribution in [0.3, 0.4) is 0 Å². The molecule has 1 aromatic rings. The van der Waals surface area contributed by atoms with E-state index in [1.54, 1.807) is 12.5 Å². The first-order chi connectivity index (χ1) is 17.7. The van der Waals surface area contributed by atoms with Gasteiger partial charge < -0.3 is 19.5 Å². The molecule has 1 aliphatic rings. The SMILES string of the molecule is CCC(CC(CC(CC(C)C(=O)NC(C)(C)CC(C)(C)C)OC(C)=O)n1ccnc1)N1CCCCCC1=O. The fourth-order valence-electron chi connectivity index (χ4n) is 6.10. The maximum atomic E-state index is 13.2. The molecule has 2 amide bonds. The number of hydrogen-bond acceptors (Lipinski definition) is 5. The van der Waals surface area contributed by atoms with Crippen molar-refractivity contribution in [3.8, 4) is 0 Å². The van der Waals surface area contributed by atoms with Crippen molar-refractivity contribution in [2.75, 3.05) is 6.54 Å². The largest absolute Gasteiger partial charge is 0.462 e. The summed E-state index contributed by atoms with van der Waals surface area (Å²) in [5.41, 5.74) is -0.253. The zero-order valence-electron chi connectivity index (χ0n) is 25.1. The molecule has 2 rings (SSSR count). The molecular weight excluding hydrogens is 480 g/mol. The van der Waals surface area contributed by atoms with Crippen LogP contribution >= 0.6 is 0 Å². The van der Waals surface area contributed by atoms with Crippen LogP contribution in [-0.4, -0.2) is 56.5 Å². The number of rotatable bonds is 13. The Balaban J connectivity index is 2.17. The van der Waals surface area contributed by atoms with Gasteiger partial charge in [0.2, 0.25) is 11.8 Å². The van der Waals surface area contributed by atoms with Crippen LogP contribution in [0, 0.1) is 11.3 Å². The van der Waals surface area contributed by atoms with Crippen LogP contribution in [0.4, 0.5) is 0 Å². The lowest BCUT2D eigenvalue weighted by atomic mass is 9.81. The van der Waals surface area contributed by atoms with E-state index in [1.807, 2.05) is 13.1 Å². The van der Waals surface area contributed by atoms with Crippen molar-refractivity contribution < 1.29 is 19.1 Å². The Hall–Kier alpha value is -2.38. The van der Waals surface area contributed by atoms with Gasteiger partial charge in [-0.05, 0) is 57.8 Å². The molecule has 0 bridgehead atoms. The van der Waals surface area contributed by atoms with Gasteiger partial charge in [-0.1, -0.05) is 41.0 Å². The van der Waals surface area contributed by atoms with Crippen molar-refractivity contribution in [2.24, 2.45) is 11.3 Å². The van der Waals surface area contributed by atoms with Crippen LogP contribution in [0.15, 0.2) is 18.7 Å². The summed E-state index contributed by atoms with van der Waals surface area (Å²) in [5.74, 6) is -0.471. The van der Waals surface area contributed by atoms with Gasteiger partial charge in [0, 0.05) is 62.2 Å². The first-order valence-electron chi connectivity index (χ1n) is 14.5. The van der Waals surface area contributed by atoms with Gasteiger partial charge in [0.25, 0.3) is 0 Å². The van der Waals surface area contributed by atoms with Crippen molar-refractivity contribution in [3.05, 3.63) is 18.7 Å². The first-order valence-corrected chi connectivity index (χ1v) is 14.5. The lowest BCUT2D eigenvalue weighted by Crippen LogP contribution is -2.48. The lowest BCUT2D eigenvalue weighted by molar-refractivity contribution is -0.149. The number of nitrogens with zero attached hydrogens (tertiary/aromatic N) is 3. The second-order valence-electron chi connectivity index (χ2n) is 13.1. The maximum absolute atomic E-state index is 13.2. The second-order valence-corrected chi connectivity index (χ2v) is 13.1. The molecule has 0 aromatic carbocycles. The van der Waals surface area contributed by atoms with Gasteiger partial charge in [-0.15, -0.1) is 0 Å². The molecule has 4 atom stereocenters. The number of ether oxygens (including phenoxy) is 1. The van der Waals surface area contributed by atoms with Crippen molar-refractivity contribution in [1.82, 2.24) is 19.8 Å². The quantitative estimate of drug-likeness (QED) is 0.330. The van der Waals surface area contributed by atoms with Crippen LogP contribution in [-0.2, 0) is 19.1 Å². The topological polar surface area (TPSA) is 93.5 Å². The van der Waals surface area contributed by atoms with E-state index in [0.29, 0.717) is 19.3 Å². The molecule has 0 saturated carbocycles. The molecule has 1 N–H and O–H groups in total. The summed E-state index contributed by atoms with van der Waals surface area (Å²) < 4.78 is 7.83. The Labute approximate surface area is 230 Å². The third-order valence-corrected chi connectivity index (χ3v) is 7.38. The van der Waals surface area contributed by atoms with Gasteiger partial charge in [-0.3, -0.25) is 14.4 Å².